The Bertz CT molecular complexity index is 227. The van der Waals surface area contributed by atoms with E-state index in [1.807, 2.05) is 0 Å². The maximum atomic E-state index is 12.2. The number of hydrogen-bond acceptors (Lipinski definition) is 3. The summed E-state index contributed by atoms with van der Waals surface area (Å²) in [6.07, 6.45) is -3.29. The van der Waals surface area contributed by atoms with Gasteiger partial charge in [-0.2, -0.15) is 13.2 Å². The third-order valence-electron chi connectivity index (χ3n) is 3.35. The quantitative estimate of drug-likeness (QED) is 0.784. The van der Waals surface area contributed by atoms with E-state index in [2.05, 4.69) is 5.32 Å². The van der Waals surface area contributed by atoms with Crippen LogP contribution < -0.4 is 11.1 Å². The van der Waals surface area contributed by atoms with Crippen LogP contribution in [0.4, 0.5) is 13.2 Å². The second-order valence-electron chi connectivity index (χ2n) is 4.92. The van der Waals surface area contributed by atoms with Crippen molar-refractivity contribution in [3.63, 3.8) is 0 Å². The van der Waals surface area contributed by atoms with E-state index >= 15 is 0 Å². The highest BCUT2D eigenvalue weighted by atomic mass is 19.4. The van der Waals surface area contributed by atoms with Gasteiger partial charge in [-0.15, -0.1) is 0 Å². The maximum Gasteiger partial charge on any atom is 0.390 e. The average Bonchev–Trinajstić information content (AvgIpc) is 2.25. The van der Waals surface area contributed by atoms with Gasteiger partial charge in [-0.25, -0.2) is 0 Å². The van der Waals surface area contributed by atoms with Crippen molar-refractivity contribution < 1.29 is 17.9 Å². The van der Waals surface area contributed by atoms with E-state index in [1.165, 1.54) is 0 Å². The first-order valence-electron chi connectivity index (χ1n) is 5.95. The molecule has 3 nitrogen and oxygen atoms in total. The molecule has 0 amide bonds. The van der Waals surface area contributed by atoms with Crippen LogP contribution in [-0.4, -0.2) is 38.5 Å². The first kappa shape index (κ1) is 14.7. The lowest BCUT2D eigenvalue weighted by atomic mass is 9.80. The minimum Gasteiger partial charge on any atom is -0.381 e. The summed E-state index contributed by atoms with van der Waals surface area (Å²) in [6, 6.07) is -0.568. The highest BCUT2D eigenvalue weighted by Gasteiger charge is 2.34. The van der Waals surface area contributed by atoms with Gasteiger partial charge in [0.2, 0.25) is 0 Å². The Labute approximate surface area is 99.9 Å². The summed E-state index contributed by atoms with van der Waals surface area (Å²) in [4.78, 5) is 0. The first-order valence-corrected chi connectivity index (χ1v) is 5.95. The van der Waals surface area contributed by atoms with E-state index in [9.17, 15) is 13.2 Å². The lowest BCUT2D eigenvalue weighted by Crippen LogP contribution is -2.47. The molecule has 1 atom stereocenters. The molecule has 0 saturated carbocycles. The number of nitrogens with one attached hydrogen (secondary N) is 1. The Hall–Kier alpha value is -0.330. The molecular weight excluding hydrogens is 233 g/mol. The second kappa shape index (κ2) is 6.02. The third kappa shape index (κ3) is 5.23. The largest absolute Gasteiger partial charge is 0.390 e. The van der Waals surface area contributed by atoms with Gasteiger partial charge in [0.15, 0.2) is 0 Å². The molecule has 0 bridgehead atoms. The van der Waals surface area contributed by atoms with Gasteiger partial charge >= 0.3 is 6.18 Å². The van der Waals surface area contributed by atoms with Crippen molar-refractivity contribution in [1.29, 1.82) is 0 Å². The van der Waals surface area contributed by atoms with Gasteiger partial charge in [-0.3, -0.25) is 0 Å². The van der Waals surface area contributed by atoms with E-state index in [-0.39, 0.29) is 5.41 Å². The van der Waals surface area contributed by atoms with Crippen LogP contribution in [0.3, 0.4) is 0 Å². The molecule has 0 aliphatic carbocycles. The summed E-state index contributed by atoms with van der Waals surface area (Å²) in [5, 5.41) is 2.95. The fraction of sp³-hybridized carbons (Fsp3) is 1.00. The molecule has 6 heteroatoms. The van der Waals surface area contributed by atoms with Crippen LogP contribution in [-0.2, 0) is 4.74 Å². The van der Waals surface area contributed by atoms with Crippen molar-refractivity contribution in [1.82, 2.24) is 5.32 Å². The van der Waals surface area contributed by atoms with Gasteiger partial charge in [0, 0.05) is 25.8 Å². The molecular formula is C11H21F3N2O. The molecule has 0 spiro atoms. The topological polar surface area (TPSA) is 47.3 Å². The Kier molecular flexibility index (Phi) is 5.22. The van der Waals surface area contributed by atoms with Crippen LogP contribution in [0.15, 0.2) is 0 Å². The lowest BCUT2D eigenvalue weighted by molar-refractivity contribution is -0.139. The number of ether oxygens (including phenoxy) is 1. The average molecular weight is 254 g/mol. The summed E-state index contributed by atoms with van der Waals surface area (Å²) in [5.74, 6) is 0. The van der Waals surface area contributed by atoms with Crippen LogP contribution in [0.5, 0.6) is 0 Å². The fourth-order valence-corrected chi connectivity index (χ4v) is 2.07. The standard InChI is InChI=1S/C11H21F3N2O/c1-9(6-11(12,13)14)16-8-10(7-15)2-4-17-5-3-10/h9,16H,2-8,15H2,1H3. The molecule has 1 saturated heterocycles. The molecule has 0 radical (unpaired) electrons. The predicted octanol–water partition coefficient (Wildman–Crippen LogP) is 1.67. The molecule has 17 heavy (non-hydrogen) atoms. The van der Waals surface area contributed by atoms with Gasteiger partial charge in [-0.05, 0) is 31.7 Å². The summed E-state index contributed by atoms with van der Waals surface area (Å²) < 4.78 is 41.7. The molecule has 0 aromatic carbocycles. The van der Waals surface area contributed by atoms with Crippen molar-refractivity contribution in [3.8, 4) is 0 Å². The Morgan fingerprint density at radius 1 is 1.35 bits per heavy atom. The van der Waals surface area contributed by atoms with E-state index in [0.29, 0.717) is 26.3 Å². The highest BCUT2D eigenvalue weighted by Crippen LogP contribution is 2.29. The van der Waals surface area contributed by atoms with E-state index in [0.717, 1.165) is 12.8 Å². The normalized spacial score (nSPS) is 22.4. The van der Waals surface area contributed by atoms with E-state index in [1.54, 1.807) is 6.92 Å². The molecule has 102 valence electrons. The van der Waals surface area contributed by atoms with Crippen molar-refractivity contribution in [2.75, 3.05) is 26.3 Å². The molecule has 1 aliphatic rings. The number of hydrogen-bond donors (Lipinski definition) is 2. The smallest absolute Gasteiger partial charge is 0.381 e. The number of rotatable bonds is 5. The fourth-order valence-electron chi connectivity index (χ4n) is 2.07. The van der Waals surface area contributed by atoms with Crippen molar-refractivity contribution in [2.45, 2.75) is 38.4 Å². The zero-order chi connectivity index (χ0) is 12.9. The lowest BCUT2D eigenvalue weighted by Gasteiger charge is -2.37. The molecule has 0 aromatic heterocycles. The van der Waals surface area contributed by atoms with Crippen molar-refractivity contribution >= 4 is 0 Å². The highest BCUT2D eigenvalue weighted by molar-refractivity contribution is 4.86. The number of alkyl halides is 3. The summed E-state index contributed by atoms with van der Waals surface area (Å²) >= 11 is 0. The molecule has 1 aliphatic heterocycles. The van der Waals surface area contributed by atoms with Crippen molar-refractivity contribution in [2.24, 2.45) is 11.1 Å². The summed E-state index contributed by atoms with van der Waals surface area (Å²) in [7, 11) is 0. The minimum absolute atomic E-state index is 0.0991. The van der Waals surface area contributed by atoms with Gasteiger partial charge in [0.1, 0.15) is 0 Å². The molecule has 1 unspecified atom stereocenters. The Balaban J connectivity index is 2.36. The summed E-state index contributed by atoms with van der Waals surface area (Å²) in [5.41, 5.74) is 5.63. The predicted molar refractivity (Wildman–Crippen MR) is 59.7 cm³/mol. The molecule has 1 heterocycles. The number of nitrogens with two attached hydrogens (primary N) is 1. The van der Waals surface area contributed by atoms with Crippen LogP contribution in [0.1, 0.15) is 26.2 Å². The van der Waals surface area contributed by atoms with Gasteiger partial charge in [-0.1, -0.05) is 0 Å². The molecule has 3 N–H and O–H groups in total. The monoisotopic (exact) mass is 254 g/mol. The van der Waals surface area contributed by atoms with Crippen molar-refractivity contribution in [3.05, 3.63) is 0 Å². The van der Waals surface area contributed by atoms with Gasteiger partial charge in [0.05, 0.1) is 6.42 Å². The van der Waals surface area contributed by atoms with E-state index < -0.39 is 18.6 Å². The Morgan fingerprint density at radius 2 is 1.94 bits per heavy atom. The maximum absolute atomic E-state index is 12.2. The zero-order valence-corrected chi connectivity index (χ0v) is 10.1. The molecule has 1 rings (SSSR count). The van der Waals surface area contributed by atoms with Crippen LogP contribution in [0.2, 0.25) is 0 Å². The molecule has 0 aromatic rings. The second-order valence-corrected chi connectivity index (χ2v) is 4.92. The van der Waals surface area contributed by atoms with Gasteiger partial charge < -0.3 is 15.8 Å². The van der Waals surface area contributed by atoms with Gasteiger partial charge in [0.25, 0.3) is 0 Å². The SMILES string of the molecule is CC(CC(F)(F)F)NCC1(CN)CCOCC1. The number of halogens is 3. The van der Waals surface area contributed by atoms with Crippen LogP contribution in [0, 0.1) is 5.41 Å². The third-order valence-corrected chi connectivity index (χ3v) is 3.35. The first-order chi connectivity index (χ1) is 7.87. The summed E-state index contributed by atoms with van der Waals surface area (Å²) in [6.45, 7) is 3.86. The zero-order valence-electron chi connectivity index (χ0n) is 10.1. The minimum atomic E-state index is -4.11. The Morgan fingerprint density at radius 3 is 2.41 bits per heavy atom. The van der Waals surface area contributed by atoms with Crippen LogP contribution >= 0.6 is 0 Å². The van der Waals surface area contributed by atoms with Crippen LogP contribution in [0.25, 0.3) is 0 Å². The molecule has 1 fully saturated rings. The van der Waals surface area contributed by atoms with E-state index in [4.69, 9.17) is 10.5 Å².